The minimum atomic E-state index is -2.69. The number of rotatable bonds is 2. The van der Waals surface area contributed by atoms with Gasteiger partial charge in [-0.1, -0.05) is 0 Å². The van der Waals surface area contributed by atoms with Crippen LogP contribution in [-0.2, 0) is 4.39 Å². The third-order valence-electron chi connectivity index (χ3n) is 0.115. The van der Waals surface area contributed by atoms with Crippen LogP contribution in [0.5, 0.6) is 0 Å². The van der Waals surface area contributed by atoms with E-state index in [1.54, 1.807) is 0 Å². The van der Waals surface area contributed by atoms with Crippen LogP contribution in [0.4, 0.5) is 0 Å². The van der Waals surface area contributed by atoms with Crippen LogP contribution in [0.25, 0.3) is 0 Å². The molecule has 0 amide bonds. The zero-order chi connectivity index (χ0) is 5.86. The molecule has 0 aliphatic carbocycles. The van der Waals surface area contributed by atoms with Crippen molar-refractivity contribution in [2.45, 2.75) is 0 Å². The number of halogens is 1. The fraction of sp³-hybridized carbons (Fsp3) is 0. The van der Waals surface area contributed by atoms with Crippen LogP contribution in [-0.4, -0.2) is 10.3 Å². The molecule has 0 rings (SSSR count). The molecule has 8 heavy (non-hydrogen) atoms. The Labute approximate surface area is 70.7 Å². The van der Waals surface area contributed by atoms with Crippen molar-refractivity contribution >= 4 is 0 Å². The Balaban J connectivity index is -0.000000180. The van der Waals surface area contributed by atoms with Gasteiger partial charge in [0.15, 0.2) is 0 Å². The largest absolute Gasteiger partial charge is 1.00 e. The molecule has 8 heteroatoms. The second kappa shape index (κ2) is 5.54. The molecule has 0 fully saturated rings. The predicted octanol–water partition coefficient (Wildman–Crippen LogP) is -5.71. The average Bonchev–Trinajstić information content (AvgIpc) is 1.27. The van der Waals surface area contributed by atoms with Gasteiger partial charge in [-0.05, 0) is 0 Å². The SMILES string of the molecule is O=[N+](O)O[Cl+2]([O-])[O-].[H-].[Na+]. The van der Waals surface area contributed by atoms with Crippen LogP contribution in [0.1, 0.15) is 1.43 Å². The van der Waals surface area contributed by atoms with Crippen molar-refractivity contribution in [1.29, 1.82) is 0 Å². The topological polar surface area (TPSA) is 95.7 Å². The summed E-state index contributed by atoms with van der Waals surface area (Å²) in [5.41, 5.74) is 0. The van der Waals surface area contributed by atoms with Gasteiger partial charge < -0.3 is 10.7 Å². The molecule has 0 aromatic heterocycles. The van der Waals surface area contributed by atoms with Gasteiger partial charge in [0.05, 0.1) is 0 Å². The summed E-state index contributed by atoms with van der Waals surface area (Å²) in [6.07, 6.45) is 0. The Morgan fingerprint density at radius 2 is 2.12 bits per heavy atom. The van der Waals surface area contributed by atoms with E-state index in [-0.39, 0.29) is 31.0 Å². The molecule has 44 valence electrons. The van der Waals surface area contributed by atoms with Crippen LogP contribution < -0.4 is 38.9 Å². The van der Waals surface area contributed by atoms with Gasteiger partial charge in [0.2, 0.25) is 4.39 Å². The molecule has 0 unspecified atom stereocenters. The first-order valence-electron chi connectivity index (χ1n) is 1.03. The summed E-state index contributed by atoms with van der Waals surface area (Å²) >= 11 is 0. The summed E-state index contributed by atoms with van der Waals surface area (Å²) in [6.45, 7) is 0. The minimum absolute atomic E-state index is 0. The molecule has 0 saturated heterocycles. The Morgan fingerprint density at radius 1 is 1.75 bits per heavy atom. The Morgan fingerprint density at radius 3 is 2.12 bits per heavy atom. The smallest absolute Gasteiger partial charge is 1.00 e. The van der Waals surface area contributed by atoms with Crippen molar-refractivity contribution in [3.05, 3.63) is 4.91 Å². The van der Waals surface area contributed by atoms with Crippen LogP contribution in [0.2, 0.25) is 0 Å². The van der Waals surface area contributed by atoms with E-state index in [9.17, 15) is 0 Å². The number of hydrogen-bond donors (Lipinski definition) is 1. The summed E-state index contributed by atoms with van der Waals surface area (Å²) < 4.78 is 21.3. The van der Waals surface area contributed by atoms with Crippen LogP contribution >= 0.6 is 0 Å². The molecule has 0 aliphatic heterocycles. The van der Waals surface area contributed by atoms with E-state index in [2.05, 4.69) is 4.39 Å². The predicted molar refractivity (Wildman–Crippen MR) is 7.61 cm³/mol. The van der Waals surface area contributed by atoms with Crippen LogP contribution in [0.3, 0.4) is 0 Å². The van der Waals surface area contributed by atoms with Gasteiger partial charge in [0.1, 0.15) is 4.91 Å². The quantitative estimate of drug-likeness (QED) is 0.316. The first-order chi connectivity index (χ1) is 3.13. The summed E-state index contributed by atoms with van der Waals surface area (Å²) in [4.78, 5) is 9.10. The molecule has 0 bridgehead atoms. The average molecular weight is 154 g/mol. The third-order valence-corrected chi connectivity index (χ3v) is 0.346. The summed E-state index contributed by atoms with van der Waals surface area (Å²) in [7, 11) is -2.69. The fourth-order valence-corrected chi connectivity index (χ4v) is 0.145. The molecule has 0 atom stereocenters. The normalized spacial score (nSPS) is 7.88. The maximum Gasteiger partial charge on any atom is 1.00 e. The van der Waals surface area contributed by atoms with E-state index in [1.807, 2.05) is 0 Å². The van der Waals surface area contributed by atoms with Crippen molar-refractivity contribution in [2.24, 2.45) is 0 Å². The van der Waals surface area contributed by atoms with Crippen molar-refractivity contribution in [3.63, 3.8) is 0 Å². The molecule has 0 spiro atoms. The molecule has 0 aromatic rings. The Kier molecular flexibility index (Phi) is 7.79. The molecular weight excluding hydrogens is 152 g/mol. The van der Waals surface area contributed by atoms with E-state index in [4.69, 9.17) is 19.4 Å². The number of hydrogen-bond acceptors (Lipinski definition) is 4. The van der Waals surface area contributed by atoms with Gasteiger partial charge in [-0.25, -0.2) is 0 Å². The zero-order valence-corrected chi connectivity index (χ0v) is 6.66. The molecule has 0 heterocycles. The maximum atomic E-state index is 9.15. The monoisotopic (exact) mass is 154 g/mol. The molecule has 6 nitrogen and oxygen atoms in total. The van der Waals surface area contributed by atoms with Crippen molar-refractivity contribution < 1.29 is 65.8 Å². The maximum absolute atomic E-state index is 9.15. The van der Waals surface area contributed by atoms with E-state index in [1.165, 1.54) is 0 Å². The molecule has 0 radical (unpaired) electrons. The molecular formula is H2ClNNaO5+. The first kappa shape index (κ1) is 11.2. The molecule has 0 saturated carbocycles. The van der Waals surface area contributed by atoms with Gasteiger partial charge in [-0.2, -0.15) is 5.21 Å². The van der Waals surface area contributed by atoms with E-state index >= 15 is 0 Å². The Bertz CT molecular complexity index is 77.4. The number of nitrogens with zero attached hydrogens (tertiary/aromatic N) is 1. The molecule has 0 aliphatic rings. The molecule has 0 aromatic carbocycles. The van der Waals surface area contributed by atoms with Gasteiger partial charge in [0.25, 0.3) is 0 Å². The van der Waals surface area contributed by atoms with Gasteiger partial charge in [0, 0.05) is 0 Å². The summed E-state index contributed by atoms with van der Waals surface area (Å²) in [5, 5.41) is 6.20. The van der Waals surface area contributed by atoms with Gasteiger partial charge >= 0.3 is 45.4 Å². The minimum Gasteiger partial charge on any atom is -1.00 e. The second-order valence-electron chi connectivity index (χ2n) is 0.496. The van der Waals surface area contributed by atoms with Crippen molar-refractivity contribution in [1.82, 2.24) is 0 Å². The molecule has 1 N–H and O–H groups in total. The van der Waals surface area contributed by atoms with Crippen molar-refractivity contribution in [2.75, 3.05) is 0 Å². The fourth-order valence-electron chi connectivity index (χ4n) is 0.0482. The summed E-state index contributed by atoms with van der Waals surface area (Å²) in [6, 6.07) is 0. The van der Waals surface area contributed by atoms with Crippen LogP contribution in [0, 0.1) is 15.7 Å². The van der Waals surface area contributed by atoms with Gasteiger partial charge in [-0.15, -0.1) is 0 Å². The van der Waals surface area contributed by atoms with Crippen molar-refractivity contribution in [3.8, 4) is 0 Å². The zero-order valence-electron chi connectivity index (χ0n) is 4.91. The second-order valence-corrected chi connectivity index (χ2v) is 1.01. The van der Waals surface area contributed by atoms with E-state index in [0.717, 1.165) is 0 Å². The van der Waals surface area contributed by atoms with E-state index < -0.39 is 15.9 Å². The standard InChI is InChI=1S/ClHNO5.Na.H/c3-1(4)7-2(5)6;;/h(H,5,6);;/q2*+1;-1. The van der Waals surface area contributed by atoms with E-state index in [0.29, 0.717) is 0 Å². The Hall–Kier alpha value is 0.410. The third kappa shape index (κ3) is 9.65. The first-order valence-corrected chi connectivity index (χ1v) is 1.95. The van der Waals surface area contributed by atoms with Gasteiger partial charge in [-0.3, -0.25) is 0 Å². The van der Waals surface area contributed by atoms with Crippen LogP contribution in [0.15, 0.2) is 0 Å². The summed E-state index contributed by atoms with van der Waals surface area (Å²) in [5.74, 6) is 0.